The van der Waals surface area contributed by atoms with Crippen molar-refractivity contribution >= 4 is 16.6 Å². The number of rotatable bonds is 2. The van der Waals surface area contributed by atoms with Gasteiger partial charge in [-0.05, 0) is 58.0 Å². The summed E-state index contributed by atoms with van der Waals surface area (Å²) in [5.74, 6) is 0. The minimum Gasteiger partial charge on any atom is -0.396 e. The summed E-state index contributed by atoms with van der Waals surface area (Å²) in [6.45, 7) is 4.55. The molecule has 2 atom stereocenters. The molecule has 4 rings (SSSR count). The molecule has 152 valence electrons. The quantitative estimate of drug-likeness (QED) is 0.842. The lowest BCUT2D eigenvalue weighted by molar-refractivity contribution is -0.137. The van der Waals surface area contributed by atoms with Gasteiger partial charge in [-0.15, -0.1) is 0 Å². The fourth-order valence-electron chi connectivity index (χ4n) is 5.01. The maximum atomic E-state index is 13.1. The smallest absolute Gasteiger partial charge is 0.396 e. The lowest BCUT2D eigenvalue weighted by Gasteiger charge is -2.54. The van der Waals surface area contributed by atoms with Crippen LogP contribution in [0.2, 0.25) is 0 Å². The molecule has 2 saturated heterocycles. The molecule has 0 unspecified atom stereocenters. The highest BCUT2D eigenvalue weighted by Gasteiger charge is 2.46. The first-order valence-corrected chi connectivity index (χ1v) is 9.78. The summed E-state index contributed by atoms with van der Waals surface area (Å²) >= 11 is 0. The normalized spacial score (nSPS) is 26.5. The van der Waals surface area contributed by atoms with E-state index in [-0.39, 0.29) is 18.1 Å². The number of aryl methyl sites for hydroxylation is 1. The SMILES string of the molecule is Cc1cc(N2CC[C@@]3(CO)CCCN(C)[C@@H]3C2)c2ccc(C(F)(F)F)cc2n1. The summed E-state index contributed by atoms with van der Waals surface area (Å²) in [6.07, 6.45) is -1.39. The fourth-order valence-corrected chi connectivity index (χ4v) is 5.01. The molecule has 7 heteroatoms. The average molecular weight is 393 g/mol. The van der Waals surface area contributed by atoms with Crippen LogP contribution >= 0.6 is 0 Å². The van der Waals surface area contributed by atoms with Crippen molar-refractivity contribution in [3.63, 3.8) is 0 Å². The maximum absolute atomic E-state index is 13.1. The van der Waals surface area contributed by atoms with Crippen LogP contribution in [0.3, 0.4) is 0 Å². The van der Waals surface area contributed by atoms with Crippen LogP contribution in [-0.2, 0) is 6.18 Å². The van der Waals surface area contributed by atoms with E-state index in [0.717, 1.165) is 62.1 Å². The van der Waals surface area contributed by atoms with Crippen LogP contribution in [0.1, 0.15) is 30.5 Å². The monoisotopic (exact) mass is 393 g/mol. The lowest BCUT2D eigenvalue weighted by atomic mass is 9.69. The number of hydrogen-bond acceptors (Lipinski definition) is 4. The molecule has 0 amide bonds. The third-order valence-electron chi connectivity index (χ3n) is 6.60. The molecule has 0 bridgehead atoms. The van der Waals surface area contributed by atoms with E-state index >= 15 is 0 Å². The van der Waals surface area contributed by atoms with Crippen molar-refractivity contribution in [2.24, 2.45) is 5.41 Å². The number of likely N-dealkylation sites (N-methyl/N-ethyl adjacent to an activating group) is 1. The van der Waals surface area contributed by atoms with Gasteiger partial charge in [-0.3, -0.25) is 4.98 Å². The number of likely N-dealkylation sites (tertiary alicyclic amines) is 1. The Morgan fingerprint density at radius 1 is 1.21 bits per heavy atom. The first-order chi connectivity index (χ1) is 13.2. The standard InChI is InChI=1S/C21H26F3N3O/c1-14-10-18(16-5-4-15(21(22,23)24)11-17(16)25-14)27-9-7-20(13-28)6-3-8-26(2)19(20)12-27/h4-5,10-11,19,28H,3,6-9,12-13H2,1-2H3/t19-,20-/m1/s1. The van der Waals surface area contributed by atoms with E-state index in [1.165, 1.54) is 0 Å². The molecule has 3 heterocycles. The van der Waals surface area contributed by atoms with Crippen molar-refractivity contribution in [1.82, 2.24) is 9.88 Å². The largest absolute Gasteiger partial charge is 0.416 e. The van der Waals surface area contributed by atoms with Crippen LogP contribution in [0.15, 0.2) is 24.3 Å². The van der Waals surface area contributed by atoms with Gasteiger partial charge in [-0.1, -0.05) is 6.07 Å². The zero-order valence-corrected chi connectivity index (χ0v) is 16.3. The number of alkyl halides is 3. The third-order valence-corrected chi connectivity index (χ3v) is 6.60. The van der Waals surface area contributed by atoms with Crippen LogP contribution < -0.4 is 4.90 Å². The van der Waals surface area contributed by atoms with E-state index in [2.05, 4.69) is 21.8 Å². The molecular weight excluding hydrogens is 367 g/mol. The Labute approximate surface area is 163 Å². The summed E-state index contributed by atoms with van der Waals surface area (Å²) in [4.78, 5) is 8.93. The van der Waals surface area contributed by atoms with E-state index in [1.54, 1.807) is 6.07 Å². The van der Waals surface area contributed by atoms with Crippen LogP contribution in [0.5, 0.6) is 0 Å². The van der Waals surface area contributed by atoms with E-state index in [9.17, 15) is 18.3 Å². The first kappa shape index (κ1) is 19.5. The summed E-state index contributed by atoms with van der Waals surface area (Å²) < 4.78 is 39.3. The number of halogens is 3. The molecule has 0 aliphatic carbocycles. The Hall–Kier alpha value is -1.86. The number of nitrogens with zero attached hydrogens (tertiary/aromatic N) is 3. The van der Waals surface area contributed by atoms with Crippen molar-refractivity contribution in [1.29, 1.82) is 0 Å². The molecule has 2 aliphatic heterocycles. The van der Waals surface area contributed by atoms with E-state index < -0.39 is 11.7 Å². The highest BCUT2D eigenvalue weighted by molar-refractivity contribution is 5.92. The second-order valence-corrected chi connectivity index (χ2v) is 8.33. The number of fused-ring (bicyclic) bond motifs is 2. The summed E-state index contributed by atoms with van der Waals surface area (Å²) in [5, 5.41) is 10.9. The van der Waals surface area contributed by atoms with Gasteiger partial charge < -0.3 is 14.9 Å². The number of pyridine rings is 1. The predicted molar refractivity (Wildman–Crippen MR) is 103 cm³/mol. The summed E-state index contributed by atoms with van der Waals surface area (Å²) in [5.41, 5.74) is 1.26. The zero-order valence-electron chi connectivity index (χ0n) is 16.3. The van der Waals surface area contributed by atoms with Gasteiger partial charge in [-0.2, -0.15) is 13.2 Å². The molecule has 0 radical (unpaired) electrons. The number of hydrogen-bond donors (Lipinski definition) is 1. The molecule has 2 aliphatic rings. The van der Waals surface area contributed by atoms with Crippen molar-refractivity contribution in [3.8, 4) is 0 Å². The van der Waals surface area contributed by atoms with E-state index in [1.807, 2.05) is 13.0 Å². The minimum absolute atomic E-state index is 0.0785. The molecule has 1 aromatic carbocycles. The highest BCUT2D eigenvalue weighted by atomic mass is 19.4. The zero-order chi connectivity index (χ0) is 20.1. The van der Waals surface area contributed by atoms with Gasteiger partial charge in [0, 0.05) is 41.3 Å². The van der Waals surface area contributed by atoms with Gasteiger partial charge in [0.15, 0.2) is 0 Å². The Morgan fingerprint density at radius 2 is 2.00 bits per heavy atom. The second-order valence-electron chi connectivity index (χ2n) is 8.33. The topological polar surface area (TPSA) is 39.6 Å². The molecular formula is C21H26F3N3O. The van der Waals surface area contributed by atoms with Gasteiger partial charge in [0.05, 0.1) is 17.7 Å². The molecule has 1 N–H and O–H groups in total. The molecule has 2 fully saturated rings. The fraction of sp³-hybridized carbons (Fsp3) is 0.571. The molecule has 0 saturated carbocycles. The van der Waals surface area contributed by atoms with Gasteiger partial charge in [0.2, 0.25) is 0 Å². The number of anilines is 1. The number of benzene rings is 1. The Bertz CT molecular complexity index is 885. The summed E-state index contributed by atoms with van der Waals surface area (Å²) in [7, 11) is 2.10. The predicted octanol–water partition coefficient (Wildman–Crippen LogP) is 3.85. The minimum atomic E-state index is -4.38. The molecule has 0 spiro atoms. The number of aliphatic hydroxyl groups is 1. The van der Waals surface area contributed by atoms with Crippen molar-refractivity contribution in [3.05, 3.63) is 35.5 Å². The third kappa shape index (κ3) is 3.24. The van der Waals surface area contributed by atoms with Gasteiger partial charge in [0.25, 0.3) is 0 Å². The number of aromatic nitrogens is 1. The Morgan fingerprint density at radius 3 is 2.71 bits per heavy atom. The van der Waals surface area contributed by atoms with Crippen molar-refractivity contribution in [2.75, 3.05) is 38.2 Å². The second kappa shape index (κ2) is 6.88. The highest BCUT2D eigenvalue weighted by Crippen LogP contribution is 2.43. The van der Waals surface area contributed by atoms with Crippen LogP contribution in [0.4, 0.5) is 18.9 Å². The van der Waals surface area contributed by atoms with Gasteiger partial charge >= 0.3 is 6.18 Å². The molecule has 4 nitrogen and oxygen atoms in total. The van der Waals surface area contributed by atoms with Gasteiger partial charge in [-0.25, -0.2) is 0 Å². The van der Waals surface area contributed by atoms with Crippen LogP contribution in [-0.4, -0.2) is 54.3 Å². The first-order valence-electron chi connectivity index (χ1n) is 9.78. The average Bonchev–Trinajstić information content (AvgIpc) is 2.66. The van der Waals surface area contributed by atoms with E-state index in [0.29, 0.717) is 11.2 Å². The maximum Gasteiger partial charge on any atom is 0.416 e. The Balaban J connectivity index is 1.73. The van der Waals surface area contributed by atoms with Crippen LogP contribution in [0.25, 0.3) is 10.9 Å². The number of aliphatic hydroxyl groups excluding tert-OH is 1. The van der Waals surface area contributed by atoms with Crippen LogP contribution in [0, 0.1) is 12.3 Å². The van der Waals surface area contributed by atoms with Crippen molar-refractivity contribution < 1.29 is 18.3 Å². The Kier molecular flexibility index (Phi) is 4.78. The molecule has 1 aromatic heterocycles. The lowest BCUT2D eigenvalue weighted by Crippen LogP contribution is -2.61. The van der Waals surface area contributed by atoms with Gasteiger partial charge in [0.1, 0.15) is 0 Å². The number of piperidine rings is 2. The van der Waals surface area contributed by atoms with E-state index in [4.69, 9.17) is 0 Å². The molecule has 2 aromatic rings. The van der Waals surface area contributed by atoms with Crippen molar-refractivity contribution in [2.45, 2.75) is 38.4 Å². The summed E-state index contributed by atoms with van der Waals surface area (Å²) in [6, 6.07) is 6.01. The molecule has 28 heavy (non-hydrogen) atoms.